The van der Waals surface area contributed by atoms with E-state index in [4.69, 9.17) is 4.74 Å². The first-order chi connectivity index (χ1) is 15.8. The third-order valence-corrected chi connectivity index (χ3v) is 6.81. The molecule has 2 N–H and O–H groups in total. The van der Waals surface area contributed by atoms with Crippen LogP contribution in [0.3, 0.4) is 0 Å². The van der Waals surface area contributed by atoms with Gasteiger partial charge in [-0.3, -0.25) is 0 Å². The van der Waals surface area contributed by atoms with Crippen LogP contribution in [0.1, 0.15) is 54.7 Å². The average molecular weight is 461 g/mol. The monoisotopic (exact) mass is 460 g/mol. The fourth-order valence-corrected chi connectivity index (χ4v) is 4.92. The van der Waals surface area contributed by atoms with Crippen molar-refractivity contribution in [2.24, 2.45) is 0 Å². The summed E-state index contributed by atoms with van der Waals surface area (Å²) in [6.07, 6.45) is 0.422. The van der Waals surface area contributed by atoms with Crippen LogP contribution in [0.25, 0.3) is 0 Å². The highest BCUT2D eigenvalue weighted by Gasteiger charge is 2.39. The fourth-order valence-electron chi connectivity index (χ4n) is 4.92. The van der Waals surface area contributed by atoms with Crippen molar-refractivity contribution in [2.75, 3.05) is 32.7 Å². The van der Waals surface area contributed by atoms with E-state index in [1.807, 2.05) is 24.3 Å². The van der Waals surface area contributed by atoms with Gasteiger partial charge in [0, 0.05) is 38.6 Å². The Kier molecular flexibility index (Phi) is 7.48. The van der Waals surface area contributed by atoms with Gasteiger partial charge >= 0.3 is 6.18 Å². The quantitative estimate of drug-likeness (QED) is 0.636. The molecule has 1 unspecified atom stereocenters. The maximum atomic E-state index is 12.9. The van der Waals surface area contributed by atoms with Crippen LogP contribution in [0, 0.1) is 12.1 Å². The first-order valence-electron chi connectivity index (χ1n) is 11.7. The molecule has 2 aliphatic rings. The molecule has 2 aromatic carbocycles. The third kappa shape index (κ3) is 6.20. The van der Waals surface area contributed by atoms with E-state index in [0.29, 0.717) is 11.3 Å². The SMILES string of the molecule is OC1(C(CN2CCNCC2)c2ccc(OCc3cc#cc(C(F)(F)F)c3)cc2)CCCCC1. The van der Waals surface area contributed by atoms with Gasteiger partial charge in [-0.2, -0.15) is 13.2 Å². The number of aliphatic hydroxyl groups is 1. The van der Waals surface area contributed by atoms with Crippen molar-refractivity contribution in [3.8, 4) is 5.75 Å². The number of alkyl halides is 3. The average Bonchev–Trinajstić information content (AvgIpc) is 2.82. The highest BCUT2D eigenvalue weighted by molar-refractivity contribution is 5.32. The van der Waals surface area contributed by atoms with Crippen molar-refractivity contribution in [3.05, 3.63) is 65.2 Å². The summed E-state index contributed by atoms with van der Waals surface area (Å²) in [5.41, 5.74) is -0.100. The van der Waals surface area contributed by atoms with Crippen LogP contribution in [0.4, 0.5) is 13.2 Å². The van der Waals surface area contributed by atoms with Crippen LogP contribution < -0.4 is 10.1 Å². The Morgan fingerprint density at radius 3 is 2.45 bits per heavy atom. The highest BCUT2D eigenvalue weighted by atomic mass is 19.4. The molecule has 1 saturated heterocycles. The standard InChI is InChI=1S/C26H31F3N2O2/c27-26(28,29)22-6-4-5-20(17-22)19-33-23-9-7-21(8-10-23)24(18-31-15-13-30-14-16-31)25(32)11-2-1-3-12-25/h5,7-10,17,24,30,32H,1-3,11-16,18-19H2. The maximum Gasteiger partial charge on any atom is 0.424 e. The summed E-state index contributed by atoms with van der Waals surface area (Å²) in [7, 11) is 0. The van der Waals surface area contributed by atoms with Gasteiger partial charge in [-0.25, -0.2) is 0 Å². The lowest BCUT2D eigenvalue weighted by Gasteiger charge is -2.42. The number of hydrogen-bond donors (Lipinski definition) is 2. The van der Waals surface area contributed by atoms with Crippen molar-refractivity contribution < 1.29 is 23.0 Å². The maximum absolute atomic E-state index is 12.9. The van der Waals surface area contributed by atoms with Gasteiger partial charge in [0.2, 0.25) is 0 Å². The van der Waals surface area contributed by atoms with Crippen LogP contribution in [0.15, 0.2) is 36.4 Å². The number of piperazine rings is 1. The molecule has 1 aliphatic carbocycles. The lowest BCUT2D eigenvalue weighted by molar-refractivity contribution is -0.137. The minimum Gasteiger partial charge on any atom is -0.489 e. The zero-order valence-electron chi connectivity index (χ0n) is 18.8. The second-order valence-electron chi connectivity index (χ2n) is 9.17. The van der Waals surface area contributed by atoms with Crippen LogP contribution in [-0.4, -0.2) is 48.3 Å². The van der Waals surface area contributed by atoms with E-state index < -0.39 is 17.3 Å². The zero-order chi connectivity index (χ0) is 23.3. The molecule has 4 nitrogen and oxygen atoms in total. The fraction of sp³-hybridized carbons (Fsp3) is 0.538. The summed E-state index contributed by atoms with van der Waals surface area (Å²) in [6, 6.07) is 14.7. The van der Waals surface area contributed by atoms with E-state index in [1.54, 1.807) is 0 Å². The summed E-state index contributed by atoms with van der Waals surface area (Å²) >= 11 is 0. The lowest BCUT2D eigenvalue weighted by Crippen LogP contribution is -2.49. The first kappa shape index (κ1) is 23.9. The Morgan fingerprint density at radius 1 is 1.09 bits per heavy atom. The Hall–Kier alpha value is -2.27. The topological polar surface area (TPSA) is 44.7 Å². The van der Waals surface area contributed by atoms with Crippen molar-refractivity contribution in [2.45, 2.75) is 56.4 Å². The van der Waals surface area contributed by atoms with E-state index >= 15 is 0 Å². The molecule has 0 amide bonds. The molecule has 1 saturated carbocycles. The van der Waals surface area contributed by atoms with Crippen LogP contribution in [-0.2, 0) is 12.8 Å². The van der Waals surface area contributed by atoms with Crippen molar-refractivity contribution in [3.63, 3.8) is 0 Å². The van der Waals surface area contributed by atoms with E-state index in [-0.39, 0.29) is 12.5 Å². The Bertz CT molecular complexity index is 889. The Labute approximate surface area is 193 Å². The second kappa shape index (κ2) is 10.3. The van der Waals surface area contributed by atoms with Gasteiger partial charge in [0.1, 0.15) is 17.9 Å². The van der Waals surface area contributed by atoms with Gasteiger partial charge in [-0.1, -0.05) is 43.5 Å². The molecular weight excluding hydrogens is 429 g/mol. The van der Waals surface area contributed by atoms with E-state index in [2.05, 4.69) is 22.3 Å². The second-order valence-corrected chi connectivity index (χ2v) is 9.17. The minimum absolute atomic E-state index is 0.0126. The predicted molar refractivity (Wildman–Crippen MR) is 120 cm³/mol. The van der Waals surface area contributed by atoms with Gasteiger partial charge in [0.25, 0.3) is 0 Å². The van der Waals surface area contributed by atoms with E-state index in [1.165, 1.54) is 12.5 Å². The van der Waals surface area contributed by atoms with Crippen LogP contribution in [0.2, 0.25) is 0 Å². The number of nitrogens with zero attached hydrogens (tertiary/aromatic N) is 1. The molecule has 0 bridgehead atoms. The summed E-state index contributed by atoms with van der Waals surface area (Å²) in [5, 5.41) is 14.9. The predicted octanol–water partition coefficient (Wildman–Crippen LogP) is 4.57. The molecule has 7 heteroatoms. The molecule has 0 aromatic heterocycles. The molecule has 4 rings (SSSR count). The van der Waals surface area contributed by atoms with E-state index in [9.17, 15) is 18.3 Å². The summed E-state index contributed by atoms with van der Waals surface area (Å²) in [4.78, 5) is 2.42. The molecule has 0 spiro atoms. The van der Waals surface area contributed by atoms with E-state index in [0.717, 1.165) is 70.0 Å². The molecular formula is C26H31F3N2O2. The number of nitrogens with one attached hydrogen (secondary N) is 1. The van der Waals surface area contributed by atoms with Gasteiger partial charge in [-0.05, 0) is 48.2 Å². The Balaban J connectivity index is 1.45. The Morgan fingerprint density at radius 2 is 1.79 bits per heavy atom. The molecule has 2 aromatic rings. The van der Waals surface area contributed by atoms with Gasteiger partial charge < -0.3 is 20.1 Å². The summed E-state index contributed by atoms with van der Waals surface area (Å²) < 4.78 is 44.4. The number of halogens is 3. The van der Waals surface area contributed by atoms with Gasteiger partial charge in [0.05, 0.1) is 5.60 Å². The zero-order valence-corrected chi connectivity index (χ0v) is 18.8. The van der Waals surface area contributed by atoms with Crippen molar-refractivity contribution in [1.29, 1.82) is 0 Å². The molecule has 1 heterocycles. The first-order valence-corrected chi connectivity index (χ1v) is 11.7. The largest absolute Gasteiger partial charge is 0.489 e. The summed E-state index contributed by atoms with van der Waals surface area (Å²) in [6.45, 7) is 4.69. The molecule has 0 radical (unpaired) electrons. The van der Waals surface area contributed by atoms with Crippen molar-refractivity contribution in [1.82, 2.24) is 10.2 Å². The smallest absolute Gasteiger partial charge is 0.424 e. The lowest BCUT2D eigenvalue weighted by atomic mass is 9.72. The number of rotatable bonds is 7. The third-order valence-electron chi connectivity index (χ3n) is 6.81. The van der Waals surface area contributed by atoms with Gasteiger partial charge in [-0.15, -0.1) is 0 Å². The molecule has 178 valence electrons. The van der Waals surface area contributed by atoms with Gasteiger partial charge in [0.15, 0.2) is 0 Å². The number of benzene rings is 1. The van der Waals surface area contributed by atoms with Crippen molar-refractivity contribution >= 4 is 0 Å². The number of ether oxygens (including phenoxy) is 1. The number of hydrogen-bond acceptors (Lipinski definition) is 4. The van der Waals surface area contributed by atoms with Crippen LogP contribution in [0.5, 0.6) is 5.75 Å². The molecule has 1 aliphatic heterocycles. The molecule has 1 atom stereocenters. The summed E-state index contributed by atoms with van der Waals surface area (Å²) in [5.74, 6) is 0.593. The molecule has 2 fully saturated rings. The normalized spacial score (nSPS) is 20.1. The molecule has 33 heavy (non-hydrogen) atoms. The van der Waals surface area contributed by atoms with Crippen LogP contribution >= 0.6 is 0 Å². The highest BCUT2D eigenvalue weighted by Crippen LogP contribution is 2.41. The minimum atomic E-state index is -4.45.